The molecule has 5 nitrogen and oxygen atoms in total. The number of nitrogens with one attached hydrogen (secondary N) is 1. The summed E-state index contributed by atoms with van der Waals surface area (Å²) in [5, 5.41) is 8.17. The van der Waals surface area contributed by atoms with Crippen LogP contribution in [0.4, 0.5) is 0 Å². The molecule has 2 aromatic rings. The molecular weight excluding hydrogens is 218 g/mol. The lowest BCUT2D eigenvalue weighted by Crippen LogP contribution is -2.33. The summed E-state index contributed by atoms with van der Waals surface area (Å²) in [6.45, 7) is 1.97. The van der Waals surface area contributed by atoms with E-state index >= 15 is 0 Å². The van der Waals surface area contributed by atoms with E-state index in [0.29, 0.717) is 6.42 Å². The number of hydrogen-bond acceptors (Lipinski definition) is 4. The van der Waals surface area contributed by atoms with E-state index in [0.717, 1.165) is 22.2 Å². The summed E-state index contributed by atoms with van der Waals surface area (Å²) < 4.78 is 4.59. The van der Waals surface area contributed by atoms with Crippen molar-refractivity contribution < 1.29 is 9.53 Å². The Hall–Kier alpha value is -1.88. The molecule has 0 bridgehead atoms. The van der Waals surface area contributed by atoms with Crippen LogP contribution in [0.15, 0.2) is 18.2 Å². The summed E-state index contributed by atoms with van der Waals surface area (Å²) in [4.78, 5) is 11.2. The van der Waals surface area contributed by atoms with Gasteiger partial charge in [0.15, 0.2) is 0 Å². The molecule has 0 spiro atoms. The van der Waals surface area contributed by atoms with Gasteiger partial charge in [0.25, 0.3) is 0 Å². The number of esters is 1. The maximum Gasteiger partial charge on any atom is 0.322 e. The van der Waals surface area contributed by atoms with Crippen LogP contribution < -0.4 is 5.73 Å². The van der Waals surface area contributed by atoms with Crippen LogP contribution in [-0.4, -0.2) is 29.3 Å². The zero-order chi connectivity index (χ0) is 12.4. The van der Waals surface area contributed by atoms with E-state index in [1.807, 2.05) is 25.1 Å². The Kier molecular flexibility index (Phi) is 3.10. The second-order valence-corrected chi connectivity index (χ2v) is 4.03. The third-order valence-corrected chi connectivity index (χ3v) is 2.77. The van der Waals surface area contributed by atoms with Gasteiger partial charge in [0.05, 0.1) is 12.6 Å². The van der Waals surface area contributed by atoms with Crippen LogP contribution >= 0.6 is 0 Å². The zero-order valence-electron chi connectivity index (χ0n) is 9.86. The van der Waals surface area contributed by atoms with E-state index in [9.17, 15) is 4.79 Å². The van der Waals surface area contributed by atoms with Crippen molar-refractivity contribution in [1.82, 2.24) is 10.2 Å². The van der Waals surface area contributed by atoms with Gasteiger partial charge in [0.1, 0.15) is 6.04 Å². The van der Waals surface area contributed by atoms with E-state index in [4.69, 9.17) is 5.73 Å². The highest BCUT2D eigenvalue weighted by molar-refractivity contribution is 5.82. The summed E-state index contributed by atoms with van der Waals surface area (Å²) in [6.07, 6.45) is 0.453. The second-order valence-electron chi connectivity index (χ2n) is 4.03. The van der Waals surface area contributed by atoms with E-state index in [1.165, 1.54) is 7.11 Å². The summed E-state index contributed by atoms with van der Waals surface area (Å²) in [7, 11) is 1.34. The SMILES string of the molecule is COC(=O)[C@H](N)Cc1ccc2c(C)[nH]nc2c1. The zero-order valence-corrected chi connectivity index (χ0v) is 9.86. The number of methoxy groups -OCH3 is 1. The Morgan fingerprint density at radius 1 is 1.59 bits per heavy atom. The first-order valence-electron chi connectivity index (χ1n) is 5.39. The maximum absolute atomic E-state index is 11.2. The molecule has 0 fully saturated rings. The minimum Gasteiger partial charge on any atom is -0.468 e. The first-order valence-corrected chi connectivity index (χ1v) is 5.39. The third kappa shape index (κ3) is 2.29. The van der Waals surface area contributed by atoms with E-state index in [2.05, 4.69) is 14.9 Å². The topological polar surface area (TPSA) is 81.0 Å². The predicted molar refractivity (Wildman–Crippen MR) is 64.5 cm³/mol. The van der Waals surface area contributed by atoms with Gasteiger partial charge in [-0.2, -0.15) is 5.10 Å². The van der Waals surface area contributed by atoms with Crippen LogP contribution in [0.2, 0.25) is 0 Å². The minimum absolute atomic E-state index is 0.400. The largest absolute Gasteiger partial charge is 0.468 e. The fourth-order valence-electron chi connectivity index (χ4n) is 1.81. The van der Waals surface area contributed by atoms with Crippen LogP contribution in [-0.2, 0) is 16.0 Å². The molecule has 1 heterocycles. The highest BCUT2D eigenvalue weighted by Gasteiger charge is 2.14. The van der Waals surface area contributed by atoms with Crippen molar-refractivity contribution in [1.29, 1.82) is 0 Å². The average Bonchev–Trinajstić information content (AvgIpc) is 2.69. The fourth-order valence-corrected chi connectivity index (χ4v) is 1.81. The van der Waals surface area contributed by atoms with Gasteiger partial charge in [-0.3, -0.25) is 9.89 Å². The summed E-state index contributed by atoms with van der Waals surface area (Å²) in [5.74, 6) is -0.400. The number of aryl methyl sites for hydroxylation is 1. The fraction of sp³-hybridized carbons (Fsp3) is 0.333. The van der Waals surface area contributed by atoms with E-state index < -0.39 is 12.0 Å². The number of H-pyrrole nitrogens is 1. The second kappa shape index (κ2) is 4.55. The molecule has 5 heteroatoms. The highest BCUT2D eigenvalue weighted by Crippen LogP contribution is 2.17. The lowest BCUT2D eigenvalue weighted by Gasteiger charge is -2.08. The van der Waals surface area contributed by atoms with Crippen LogP contribution in [0.1, 0.15) is 11.3 Å². The van der Waals surface area contributed by atoms with Crippen molar-refractivity contribution >= 4 is 16.9 Å². The first-order chi connectivity index (χ1) is 8.11. The first kappa shape index (κ1) is 11.6. The van der Waals surface area contributed by atoms with Crippen molar-refractivity contribution in [2.45, 2.75) is 19.4 Å². The molecule has 0 aliphatic carbocycles. The third-order valence-electron chi connectivity index (χ3n) is 2.77. The van der Waals surface area contributed by atoms with Gasteiger partial charge >= 0.3 is 5.97 Å². The summed E-state index contributed by atoms with van der Waals surface area (Å²) >= 11 is 0. The van der Waals surface area contributed by atoms with Crippen LogP contribution in [0, 0.1) is 6.92 Å². The molecule has 0 saturated carbocycles. The molecule has 0 saturated heterocycles. The molecular formula is C12H15N3O2. The Bertz CT molecular complexity index is 548. The quantitative estimate of drug-likeness (QED) is 0.772. The number of fused-ring (bicyclic) bond motifs is 1. The predicted octanol–water partition coefficient (Wildman–Crippen LogP) is 0.914. The standard InChI is InChI=1S/C12H15N3O2/c1-7-9-4-3-8(6-11(9)15-14-7)5-10(13)12(16)17-2/h3-4,6,10H,5,13H2,1-2H3,(H,14,15)/t10-/m1/s1. The molecule has 1 aromatic carbocycles. The number of hydrogen-bond donors (Lipinski definition) is 2. The van der Waals surface area contributed by atoms with Crippen LogP contribution in [0.3, 0.4) is 0 Å². The highest BCUT2D eigenvalue weighted by atomic mass is 16.5. The average molecular weight is 233 g/mol. The molecule has 1 aromatic heterocycles. The maximum atomic E-state index is 11.2. The Labute approximate surface area is 98.9 Å². The van der Waals surface area contributed by atoms with Crippen LogP contribution in [0.25, 0.3) is 10.9 Å². The number of aromatic nitrogens is 2. The van der Waals surface area contributed by atoms with Crippen molar-refractivity contribution in [3.05, 3.63) is 29.5 Å². The molecule has 90 valence electrons. The number of carbonyl (C=O) groups is 1. The molecule has 0 unspecified atom stereocenters. The van der Waals surface area contributed by atoms with Crippen molar-refractivity contribution in [3.63, 3.8) is 0 Å². The van der Waals surface area contributed by atoms with Crippen LogP contribution in [0.5, 0.6) is 0 Å². The molecule has 0 radical (unpaired) electrons. The lowest BCUT2D eigenvalue weighted by atomic mass is 10.0. The Balaban J connectivity index is 2.22. The summed E-state index contributed by atoms with van der Waals surface area (Å²) in [6, 6.07) is 5.24. The Morgan fingerprint density at radius 2 is 2.35 bits per heavy atom. The van der Waals surface area contributed by atoms with Gasteiger partial charge in [-0.1, -0.05) is 12.1 Å². The number of aromatic amines is 1. The molecule has 0 amide bonds. The van der Waals surface area contributed by atoms with Gasteiger partial charge < -0.3 is 10.5 Å². The smallest absolute Gasteiger partial charge is 0.322 e. The number of rotatable bonds is 3. The van der Waals surface area contributed by atoms with E-state index in [1.54, 1.807) is 0 Å². The number of nitrogens with zero attached hydrogens (tertiary/aromatic N) is 1. The number of nitrogens with two attached hydrogens (primary N) is 1. The molecule has 1 atom stereocenters. The molecule has 2 rings (SSSR count). The Morgan fingerprint density at radius 3 is 3.06 bits per heavy atom. The molecule has 17 heavy (non-hydrogen) atoms. The minimum atomic E-state index is -0.627. The summed E-state index contributed by atoms with van der Waals surface area (Å²) in [5.41, 5.74) is 8.60. The van der Waals surface area contributed by atoms with Crippen molar-refractivity contribution in [2.75, 3.05) is 7.11 Å². The number of ether oxygens (including phenoxy) is 1. The molecule has 0 aliphatic rings. The van der Waals surface area contributed by atoms with Crippen molar-refractivity contribution in [2.24, 2.45) is 5.73 Å². The lowest BCUT2D eigenvalue weighted by molar-refractivity contribution is -0.142. The number of carbonyl (C=O) groups excluding carboxylic acids is 1. The van der Waals surface area contributed by atoms with Crippen molar-refractivity contribution in [3.8, 4) is 0 Å². The van der Waals surface area contributed by atoms with Gasteiger partial charge in [-0.05, 0) is 25.0 Å². The molecule has 3 N–H and O–H groups in total. The van der Waals surface area contributed by atoms with Gasteiger partial charge in [-0.25, -0.2) is 0 Å². The number of benzene rings is 1. The monoisotopic (exact) mass is 233 g/mol. The molecule has 0 aliphatic heterocycles. The van der Waals surface area contributed by atoms with Gasteiger partial charge in [0, 0.05) is 11.1 Å². The normalized spacial score (nSPS) is 12.6. The van der Waals surface area contributed by atoms with E-state index in [-0.39, 0.29) is 0 Å². The van der Waals surface area contributed by atoms with Gasteiger partial charge in [-0.15, -0.1) is 0 Å². The van der Waals surface area contributed by atoms with Gasteiger partial charge in [0.2, 0.25) is 0 Å².